The van der Waals surface area contributed by atoms with Crippen molar-refractivity contribution < 1.29 is 23.8 Å². The number of amides is 2. The molecule has 0 saturated heterocycles. The van der Waals surface area contributed by atoms with Crippen LogP contribution in [0.3, 0.4) is 0 Å². The lowest BCUT2D eigenvalue weighted by Crippen LogP contribution is -2.42. The average Bonchev–Trinajstić information content (AvgIpc) is 2.79. The minimum atomic E-state index is -0.601. The number of nitrogens with zero attached hydrogens (tertiary/aromatic N) is 2. The third kappa shape index (κ3) is 4.14. The largest absolute Gasteiger partial charge is 0.493 e. The number of ether oxygens (including phenoxy) is 3. The predicted molar refractivity (Wildman–Crippen MR) is 114 cm³/mol. The van der Waals surface area contributed by atoms with E-state index < -0.39 is 11.8 Å². The number of benzene rings is 2. The molecule has 2 amide bonds. The van der Waals surface area contributed by atoms with Gasteiger partial charge in [-0.2, -0.15) is 5.26 Å². The van der Waals surface area contributed by atoms with E-state index >= 15 is 0 Å². The molecule has 0 spiro atoms. The fourth-order valence-corrected chi connectivity index (χ4v) is 3.39. The number of carbonyl (C=O) groups is 2. The Bertz CT molecular complexity index is 1100. The van der Waals surface area contributed by atoms with E-state index in [9.17, 15) is 14.9 Å². The van der Waals surface area contributed by atoms with Crippen molar-refractivity contribution in [1.82, 2.24) is 4.90 Å². The van der Waals surface area contributed by atoms with Gasteiger partial charge in [0.15, 0.2) is 11.5 Å². The Labute approximate surface area is 180 Å². The molecule has 1 aliphatic rings. The number of hydrogen-bond acceptors (Lipinski definition) is 6. The van der Waals surface area contributed by atoms with Gasteiger partial charge >= 0.3 is 0 Å². The topological polar surface area (TPSA) is 88.9 Å². The van der Waals surface area contributed by atoms with Crippen LogP contribution in [0.2, 0.25) is 0 Å². The molecule has 0 aromatic heterocycles. The third-order valence-electron chi connectivity index (χ3n) is 5.01. The fourth-order valence-electron chi connectivity index (χ4n) is 3.39. The van der Waals surface area contributed by atoms with E-state index in [1.807, 2.05) is 36.4 Å². The first-order valence-corrected chi connectivity index (χ1v) is 9.48. The van der Waals surface area contributed by atoms with E-state index in [-0.39, 0.29) is 17.7 Å². The molecule has 7 heteroatoms. The van der Waals surface area contributed by atoms with E-state index in [0.29, 0.717) is 28.4 Å². The molecule has 1 heterocycles. The second-order valence-electron chi connectivity index (χ2n) is 6.81. The van der Waals surface area contributed by atoms with Gasteiger partial charge in [0, 0.05) is 5.57 Å². The van der Waals surface area contributed by atoms with E-state index in [0.717, 1.165) is 10.5 Å². The maximum absolute atomic E-state index is 13.3. The van der Waals surface area contributed by atoms with Crippen molar-refractivity contribution in [3.05, 3.63) is 70.3 Å². The Morgan fingerprint density at radius 1 is 0.968 bits per heavy atom. The van der Waals surface area contributed by atoms with Crippen LogP contribution in [0.5, 0.6) is 17.2 Å². The maximum atomic E-state index is 13.3. The second-order valence-corrected chi connectivity index (χ2v) is 6.81. The highest BCUT2D eigenvalue weighted by Crippen LogP contribution is 2.39. The minimum absolute atomic E-state index is 0.0609. The summed E-state index contributed by atoms with van der Waals surface area (Å²) < 4.78 is 16.1. The average molecular weight is 418 g/mol. The summed E-state index contributed by atoms with van der Waals surface area (Å²) in [7, 11) is 4.50. The van der Waals surface area contributed by atoms with Crippen LogP contribution >= 0.6 is 0 Å². The Morgan fingerprint density at radius 2 is 1.58 bits per heavy atom. The molecule has 158 valence electrons. The summed E-state index contributed by atoms with van der Waals surface area (Å²) in [5.41, 5.74) is 1.91. The van der Waals surface area contributed by atoms with Crippen LogP contribution in [-0.2, 0) is 16.1 Å². The van der Waals surface area contributed by atoms with Crippen LogP contribution in [0, 0.1) is 11.3 Å². The molecule has 0 N–H and O–H groups in total. The number of rotatable bonds is 6. The minimum Gasteiger partial charge on any atom is -0.493 e. The Hall–Kier alpha value is -4.05. The van der Waals surface area contributed by atoms with E-state index in [4.69, 9.17) is 14.2 Å². The van der Waals surface area contributed by atoms with E-state index in [1.54, 1.807) is 25.1 Å². The van der Waals surface area contributed by atoms with Crippen LogP contribution in [-0.4, -0.2) is 38.0 Å². The quantitative estimate of drug-likeness (QED) is 0.527. The first-order valence-electron chi connectivity index (χ1n) is 9.48. The first-order chi connectivity index (χ1) is 14.9. The molecule has 3 rings (SSSR count). The van der Waals surface area contributed by atoms with Crippen LogP contribution in [0.15, 0.2) is 59.2 Å². The normalized spacial score (nSPS) is 15.2. The van der Waals surface area contributed by atoms with Crippen molar-refractivity contribution in [2.24, 2.45) is 0 Å². The van der Waals surface area contributed by atoms with Gasteiger partial charge in [0.1, 0.15) is 11.6 Å². The van der Waals surface area contributed by atoms with Gasteiger partial charge in [0.25, 0.3) is 11.8 Å². The highest BCUT2D eigenvalue weighted by atomic mass is 16.5. The van der Waals surface area contributed by atoms with E-state index in [2.05, 4.69) is 0 Å². The molecule has 0 radical (unpaired) electrons. The van der Waals surface area contributed by atoms with Crippen molar-refractivity contribution in [1.29, 1.82) is 5.26 Å². The fraction of sp³-hybridized carbons (Fsp3) is 0.208. The zero-order chi connectivity index (χ0) is 22.5. The Kier molecular flexibility index (Phi) is 6.41. The number of nitriles is 1. The highest BCUT2D eigenvalue weighted by Gasteiger charge is 2.35. The molecule has 0 atom stereocenters. The summed E-state index contributed by atoms with van der Waals surface area (Å²) in [6.45, 7) is 1.67. The molecule has 2 aromatic rings. The number of carbonyl (C=O) groups excluding carboxylic acids is 2. The summed E-state index contributed by atoms with van der Waals surface area (Å²) in [5, 5.41) is 9.57. The maximum Gasteiger partial charge on any atom is 0.271 e. The smallest absolute Gasteiger partial charge is 0.271 e. The zero-order valence-corrected chi connectivity index (χ0v) is 17.8. The monoisotopic (exact) mass is 418 g/mol. The molecule has 0 saturated carbocycles. The molecule has 2 aromatic carbocycles. The van der Waals surface area contributed by atoms with Gasteiger partial charge in [-0.1, -0.05) is 30.3 Å². The number of imide groups is 1. The first kappa shape index (κ1) is 21.7. The van der Waals surface area contributed by atoms with Gasteiger partial charge in [0.2, 0.25) is 5.75 Å². The summed E-state index contributed by atoms with van der Waals surface area (Å²) >= 11 is 0. The Balaban J connectivity index is 2.12. The standard InChI is InChI=1S/C24H22N2O5/c1-15-18(10-17-11-20(29-2)22(31-4)21(12-17)30-3)23(27)26(24(28)19(15)13-25)14-16-8-6-5-7-9-16/h5-12H,14H2,1-4H3/b18-10+. The second kappa shape index (κ2) is 9.18. The molecular weight excluding hydrogens is 396 g/mol. The molecule has 0 aliphatic carbocycles. The number of hydrogen-bond donors (Lipinski definition) is 0. The van der Waals surface area contributed by atoms with Crippen LogP contribution < -0.4 is 14.2 Å². The molecular formula is C24H22N2O5. The summed E-state index contributed by atoms with van der Waals surface area (Å²) in [6.07, 6.45) is 1.61. The van der Waals surface area contributed by atoms with Crippen LogP contribution in [0.25, 0.3) is 6.08 Å². The molecule has 0 fully saturated rings. The van der Waals surface area contributed by atoms with Gasteiger partial charge in [-0.05, 0) is 41.8 Å². The number of methoxy groups -OCH3 is 3. The van der Waals surface area contributed by atoms with Crippen molar-refractivity contribution in [3.63, 3.8) is 0 Å². The van der Waals surface area contributed by atoms with Gasteiger partial charge in [-0.15, -0.1) is 0 Å². The Morgan fingerprint density at radius 3 is 2.10 bits per heavy atom. The van der Waals surface area contributed by atoms with Gasteiger partial charge < -0.3 is 14.2 Å². The van der Waals surface area contributed by atoms with Crippen molar-refractivity contribution in [3.8, 4) is 23.3 Å². The predicted octanol–water partition coefficient (Wildman–Crippen LogP) is 3.50. The molecule has 7 nitrogen and oxygen atoms in total. The van der Waals surface area contributed by atoms with E-state index in [1.165, 1.54) is 21.3 Å². The summed E-state index contributed by atoms with van der Waals surface area (Å²) in [5.74, 6) is 0.204. The summed E-state index contributed by atoms with van der Waals surface area (Å²) in [4.78, 5) is 27.1. The zero-order valence-electron chi connectivity index (χ0n) is 17.8. The van der Waals surface area contributed by atoms with Crippen molar-refractivity contribution in [2.75, 3.05) is 21.3 Å². The van der Waals surface area contributed by atoms with Gasteiger partial charge in [-0.3, -0.25) is 14.5 Å². The van der Waals surface area contributed by atoms with Gasteiger partial charge in [-0.25, -0.2) is 0 Å². The molecule has 1 aliphatic heterocycles. The molecule has 0 bridgehead atoms. The lowest BCUT2D eigenvalue weighted by Gasteiger charge is -2.27. The lowest BCUT2D eigenvalue weighted by molar-refractivity contribution is -0.141. The van der Waals surface area contributed by atoms with Crippen LogP contribution in [0.4, 0.5) is 0 Å². The van der Waals surface area contributed by atoms with Crippen molar-refractivity contribution >= 4 is 17.9 Å². The summed E-state index contributed by atoms with van der Waals surface area (Å²) in [6, 6.07) is 14.5. The molecule has 31 heavy (non-hydrogen) atoms. The highest BCUT2D eigenvalue weighted by molar-refractivity contribution is 6.19. The van der Waals surface area contributed by atoms with Crippen LogP contribution in [0.1, 0.15) is 18.1 Å². The SMILES string of the molecule is COc1cc(/C=C2/C(=O)N(Cc3ccccc3)C(=O)C(C#N)=C2C)cc(OC)c1OC. The van der Waals surface area contributed by atoms with Crippen molar-refractivity contribution in [2.45, 2.75) is 13.5 Å². The lowest BCUT2D eigenvalue weighted by atomic mass is 9.93. The molecule has 0 unspecified atom stereocenters. The van der Waals surface area contributed by atoms with Gasteiger partial charge in [0.05, 0.1) is 27.9 Å². The third-order valence-corrected chi connectivity index (χ3v) is 5.01.